The van der Waals surface area contributed by atoms with Crippen molar-refractivity contribution in [3.8, 4) is 11.5 Å². The van der Waals surface area contributed by atoms with E-state index < -0.39 is 6.09 Å². The summed E-state index contributed by atoms with van der Waals surface area (Å²) >= 11 is 0. The van der Waals surface area contributed by atoms with Gasteiger partial charge in [-0.3, -0.25) is 4.79 Å². The van der Waals surface area contributed by atoms with Crippen molar-refractivity contribution >= 4 is 17.7 Å². The minimum absolute atomic E-state index is 0. The van der Waals surface area contributed by atoms with E-state index in [1.807, 2.05) is 0 Å². The van der Waals surface area contributed by atoms with Gasteiger partial charge in [-0.25, -0.2) is 4.79 Å². The Labute approximate surface area is 178 Å². The van der Waals surface area contributed by atoms with Crippen LogP contribution in [-0.2, 0) is 4.79 Å². The smallest absolute Gasteiger partial charge is 0.414 e. The first kappa shape index (κ1) is 23.5. The Kier molecular flexibility index (Phi) is 8.80. The maximum Gasteiger partial charge on any atom is 0.414 e. The number of carbonyl (C=O) groups is 2. The topological polar surface area (TPSA) is 59.1 Å². The number of fused-ring (bicyclic) bond motifs is 1. The SMILES string of the molecule is CC[N+](CC)(CC)CCN1C(=O)COc2cc(OC(=O)N(C)C)ccc21.[I-]. The largest absolute Gasteiger partial charge is 1.00 e. The summed E-state index contributed by atoms with van der Waals surface area (Å²) in [6.45, 7) is 11.2. The second-order valence-electron chi connectivity index (χ2n) is 6.74. The van der Waals surface area contributed by atoms with E-state index in [0.717, 1.165) is 36.3 Å². The number of nitrogens with zero attached hydrogens (tertiary/aromatic N) is 3. The average molecular weight is 491 g/mol. The molecular formula is C19H30IN3O4. The van der Waals surface area contributed by atoms with E-state index in [-0.39, 0.29) is 36.5 Å². The number of carbonyl (C=O) groups excluding carboxylic acids is 2. The van der Waals surface area contributed by atoms with E-state index in [9.17, 15) is 9.59 Å². The molecule has 0 N–H and O–H groups in total. The fourth-order valence-corrected chi connectivity index (χ4v) is 3.14. The van der Waals surface area contributed by atoms with Gasteiger partial charge >= 0.3 is 6.09 Å². The molecule has 0 aromatic heterocycles. The highest BCUT2D eigenvalue weighted by Gasteiger charge is 2.29. The predicted octanol–water partition coefficient (Wildman–Crippen LogP) is -0.647. The van der Waals surface area contributed by atoms with Crippen molar-refractivity contribution in [2.75, 3.05) is 58.3 Å². The highest BCUT2D eigenvalue weighted by molar-refractivity contribution is 5.98. The number of likely N-dealkylation sites (N-methyl/N-ethyl adjacent to an activating group) is 1. The molecule has 1 heterocycles. The van der Waals surface area contributed by atoms with Crippen molar-refractivity contribution in [1.29, 1.82) is 0 Å². The number of halogens is 1. The monoisotopic (exact) mass is 491 g/mol. The van der Waals surface area contributed by atoms with E-state index in [0.29, 0.717) is 18.0 Å². The molecule has 2 amide bonds. The Bertz CT molecular complexity index is 654. The molecule has 0 saturated carbocycles. The molecule has 0 unspecified atom stereocenters. The molecule has 1 aromatic rings. The Morgan fingerprint density at radius 2 is 1.85 bits per heavy atom. The van der Waals surface area contributed by atoms with E-state index in [1.54, 1.807) is 37.2 Å². The first-order valence-corrected chi connectivity index (χ1v) is 9.17. The van der Waals surface area contributed by atoms with Crippen LogP contribution in [0.1, 0.15) is 20.8 Å². The van der Waals surface area contributed by atoms with E-state index >= 15 is 0 Å². The van der Waals surface area contributed by atoms with Crippen LogP contribution >= 0.6 is 0 Å². The molecule has 0 saturated heterocycles. The van der Waals surface area contributed by atoms with Gasteiger partial charge in [0, 0.05) is 20.2 Å². The van der Waals surface area contributed by atoms with Crippen LogP contribution in [0.2, 0.25) is 0 Å². The van der Waals surface area contributed by atoms with Gasteiger partial charge in [-0.15, -0.1) is 0 Å². The number of amides is 2. The lowest BCUT2D eigenvalue weighted by Crippen LogP contribution is -3.00. The van der Waals surface area contributed by atoms with E-state index in [2.05, 4.69) is 20.8 Å². The molecular weight excluding hydrogens is 461 g/mol. The third-order valence-electron chi connectivity index (χ3n) is 5.25. The van der Waals surface area contributed by atoms with Gasteiger partial charge in [-0.1, -0.05) is 0 Å². The molecule has 0 fully saturated rings. The zero-order valence-corrected chi connectivity index (χ0v) is 19.0. The highest BCUT2D eigenvalue weighted by Crippen LogP contribution is 2.35. The highest BCUT2D eigenvalue weighted by atomic mass is 127. The quantitative estimate of drug-likeness (QED) is 0.376. The second kappa shape index (κ2) is 10.1. The van der Waals surface area contributed by atoms with Gasteiger partial charge in [0.25, 0.3) is 5.91 Å². The number of quaternary nitrogens is 1. The molecule has 8 heteroatoms. The number of hydrogen-bond donors (Lipinski definition) is 0. The van der Waals surface area contributed by atoms with Gasteiger partial charge in [0.1, 0.15) is 11.5 Å². The van der Waals surface area contributed by atoms with Crippen molar-refractivity contribution in [1.82, 2.24) is 4.90 Å². The summed E-state index contributed by atoms with van der Waals surface area (Å²) in [6.07, 6.45) is -0.454. The summed E-state index contributed by atoms with van der Waals surface area (Å²) in [6, 6.07) is 5.14. The molecule has 2 rings (SSSR count). The second-order valence-corrected chi connectivity index (χ2v) is 6.74. The fourth-order valence-electron chi connectivity index (χ4n) is 3.14. The molecule has 0 radical (unpaired) electrons. The normalized spacial score (nSPS) is 13.4. The molecule has 27 heavy (non-hydrogen) atoms. The number of anilines is 1. The molecule has 0 aliphatic carbocycles. The Balaban J connectivity index is 0.00000364. The van der Waals surface area contributed by atoms with Crippen LogP contribution < -0.4 is 38.4 Å². The van der Waals surface area contributed by atoms with Crippen LogP contribution in [0.5, 0.6) is 11.5 Å². The Morgan fingerprint density at radius 3 is 2.41 bits per heavy atom. The van der Waals surface area contributed by atoms with Crippen LogP contribution in [0, 0.1) is 0 Å². The number of hydrogen-bond acceptors (Lipinski definition) is 4. The third kappa shape index (κ3) is 5.47. The number of ether oxygens (including phenoxy) is 2. The van der Waals surface area contributed by atoms with Gasteiger partial charge in [-0.05, 0) is 32.9 Å². The molecule has 0 atom stereocenters. The van der Waals surface area contributed by atoms with Crippen LogP contribution in [0.15, 0.2) is 18.2 Å². The van der Waals surface area contributed by atoms with Crippen molar-refractivity contribution in [2.24, 2.45) is 0 Å². The average Bonchev–Trinajstić information content (AvgIpc) is 2.64. The number of rotatable bonds is 7. The predicted molar refractivity (Wildman–Crippen MR) is 101 cm³/mol. The summed E-state index contributed by atoms with van der Waals surface area (Å²) in [4.78, 5) is 27.2. The van der Waals surface area contributed by atoms with Crippen LogP contribution in [0.25, 0.3) is 0 Å². The van der Waals surface area contributed by atoms with Gasteiger partial charge in [-0.2, -0.15) is 0 Å². The standard InChI is InChI=1S/C19H30N3O4.HI/c1-6-22(7-2,8-3)12-11-21-16-10-9-15(26-19(24)20(4)5)13-17(16)25-14-18(21)23;/h9-10,13H,6-8,11-12,14H2,1-5H3;1H/q+1;/p-1. The molecule has 1 aromatic carbocycles. The third-order valence-corrected chi connectivity index (χ3v) is 5.25. The molecule has 152 valence electrons. The molecule has 0 bridgehead atoms. The summed E-state index contributed by atoms with van der Waals surface area (Å²) in [7, 11) is 3.24. The first-order valence-electron chi connectivity index (χ1n) is 9.17. The molecule has 7 nitrogen and oxygen atoms in total. The van der Waals surface area contributed by atoms with E-state index in [4.69, 9.17) is 9.47 Å². The zero-order chi connectivity index (χ0) is 19.3. The van der Waals surface area contributed by atoms with E-state index in [1.165, 1.54) is 4.90 Å². The Morgan fingerprint density at radius 1 is 1.22 bits per heavy atom. The summed E-state index contributed by atoms with van der Waals surface area (Å²) in [5.41, 5.74) is 0.729. The van der Waals surface area contributed by atoms with Crippen LogP contribution in [-0.4, -0.2) is 74.8 Å². The first-order chi connectivity index (χ1) is 12.4. The molecule has 1 aliphatic heterocycles. The fraction of sp³-hybridized carbons (Fsp3) is 0.579. The van der Waals surface area contributed by atoms with Crippen molar-refractivity contribution < 1.29 is 47.5 Å². The minimum Gasteiger partial charge on any atom is -1.00 e. The Hall–Kier alpha value is -1.55. The van der Waals surface area contributed by atoms with Gasteiger partial charge < -0.3 is 47.7 Å². The summed E-state index contributed by atoms with van der Waals surface area (Å²) in [5, 5.41) is 0. The zero-order valence-electron chi connectivity index (χ0n) is 16.8. The van der Waals surface area contributed by atoms with Crippen LogP contribution in [0.3, 0.4) is 0 Å². The maximum absolute atomic E-state index is 12.4. The lowest BCUT2D eigenvalue weighted by molar-refractivity contribution is -0.921. The maximum atomic E-state index is 12.4. The summed E-state index contributed by atoms with van der Waals surface area (Å²) < 4.78 is 11.8. The van der Waals surface area contributed by atoms with Crippen molar-refractivity contribution in [3.63, 3.8) is 0 Å². The van der Waals surface area contributed by atoms with Crippen molar-refractivity contribution in [3.05, 3.63) is 18.2 Å². The molecule has 1 aliphatic rings. The van der Waals surface area contributed by atoms with Crippen molar-refractivity contribution in [2.45, 2.75) is 20.8 Å². The van der Waals surface area contributed by atoms with Gasteiger partial charge in [0.15, 0.2) is 6.61 Å². The lowest BCUT2D eigenvalue weighted by Gasteiger charge is -2.38. The minimum atomic E-state index is -0.454. The lowest BCUT2D eigenvalue weighted by atomic mass is 10.2. The van der Waals surface area contributed by atoms with Crippen LogP contribution in [0.4, 0.5) is 10.5 Å². The molecule has 0 spiro atoms. The van der Waals surface area contributed by atoms with Gasteiger partial charge in [0.2, 0.25) is 0 Å². The number of benzene rings is 1. The summed E-state index contributed by atoms with van der Waals surface area (Å²) in [5.74, 6) is 0.922. The van der Waals surface area contributed by atoms with Gasteiger partial charge in [0.05, 0.1) is 38.4 Å².